The van der Waals surface area contributed by atoms with Crippen molar-refractivity contribution in [2.75, 3.05) is 50.7 Å². The molecule has 172 valence electrons. The van der Waals surface area contributed by atoms with Crippen molar-refractivity contribution < 1.29 is 9.90 Å². The number of hydrogen-bond acceptors (Lipinski definition) is 4. The molecule has 0 atom stereocenters. The molecule has 1 N–H and O–H groups in total. The zero-order valence-corrected chi connectivity index (χ0v) is 19.1. The lowest BCUT2D eigenvalue weighted by atomic mass is 10.1. The molecule has 0 aliphatic carbocycles. The van der Waals surface area contributed by atoms with E-state index in [2.05, 4.69) is 26.5 Å². The third-order valence-electron chi connectivity index (χ3n) is 6.88. The first-order valence-corrected chi connectivity index (χ1v) is 12.0. The minimum atomic E-state index is 0.175. The van der Waals surface area contributed by atoms with Gasteiger partial charge in [-0.15, -0.1) is 0 Å². The number of carbonyl (C=O) groups is 1. The number of aromatic nitrogens is 1. The number of piperazine rings is 1. The number of benzene rings is 2. The van der Waals surface area contributed by atoms with E-state index in [1.54, 1.807) is 12.1 Å². The molecule has 2 aromatic carbocycles. The molecule has 2 aliphatic heterocycles. The molecule has 1 amide bonds. The molecule has 1 fully saturated rings. The molecule has 5 rings (SSSR count). The lowest BCUT2D eigenvalue weighted by Crippen LogP contribution is -2.47. The van der Waals surface area contributed by atoms with Crippen LogP contribution in [0.2, 0.25) is 0 Å². The lowest BCUT2D eigenvalue weighted by Gasteiger charge is -2.36. The van der Waals surface area contributed by atoms with Crippen molar-refractivity contribution in [2.24, 2.45) is 0 Å². The molecule has 1 aromatic heterocycles. The number of phenols is 1. The summed E-state index contributed by atoms with van der Waals surface area (Å²) in [6.45, 7) is 6.69. The van der Waals surface area contributed by atoms with Gasteiger partial charge in [0.05, 0.1) is 5.56 Å². The molecule has 0 bridgehead atoms. The first kappa shape index (κ1) is 21.6. The van der Waals surface area contributed by atoms with Gasteiger partial charge in [-0.25, -0.2) is 0 Å². The Morgan fingerprint density at radius 3 is 2.30 bits per heavy atom. The van der Waals surface area contributed by atoms with Crippen LogP contribution in [0.5, 0.6) is 5.75 Å². The van der Waals surface area contributed by atoms with Crippen molar-refractivity contribution in [1.82, 2.24) is 14.4 Å². The van der Waals surface area contributed by atoms with Gasteiger partial charge in [-0.1, -0.05) is 18.2 Å². The number of carbonyl (C=O) groups excluding carboxylic acids is 1. The second-order valence-electron chi connectivity index (χ2n) is 8.98. The van der Waals surface area contributed by atoms with Crippen LogP contribution in [0.15, 0.2) is 66.9 Å². The van der Waals surface area contributed by atoms with Gasteiger partial charge in [0, 0.05) is 62.5 Å². The maximum atomic E-state index is 13.3. The van der Waals surface area contributed by atoms with Gasteiger partial charge >= 0.3 is 0 Å². The third kappa shape index (κ3) is 4.76. The first-order valence-electron chi connectivity index (χ1n) is 12.0. The van der Waals surface area contributed by atoms with Gasteiger partial charge in [0.15, 0.2) is 0 Å². The van der Waals surface area contributed by atoms with Gasteiger partial charge in [-0.2, -0.15) is 0 Å². The van der Waals surface area contributed by atoms with Gasteiger partial charge < -0.3 is 19.5 Å². The Balaban J connectivity index is 1.13. The van der Waals surface area contributed by atoms with Crippen LogP contribution in [0.3, 0.4) is 0 Å². The number of nitrogens with zero attached hydrogens (tertiary/aromatic N) is 4. The van der Waals surface area contributed by atoms with Crippen molar-refractivity contribution in [3.8, 4) is 11.4 Å². The van der Waals surface area contributed by atoms with Gasteiger partial charge in [-0.05, 0) is 68.3 Å². The van der Waals surface area contributed by atoms with E-state index in [1.165, 1.54) is 5.69 Å². The summed E-state index contributed by atoms with van der Waals surface area (Å²) >= 11 is 0. The highest BCUT2D eigenvalue weighted by atomic mass is 16.3. The summed E-state index contributed by atoms with van der Waals surface area (Å²) in [6, 6.07) is 19.7. The van der Waals surface area contributed by atoms with Gasteiger partial charge in [-0.3, -0.25) is 9.69 Å². The number of anilines is 1. The van der Waals surface area contributed by atoms with Gasteiger partial charge in [0.2, 0.25) is 0 Å². The summed E-state index contributed by atoms with van der Waals surface area (Å²) in [5, 5.41) is 9.49. The van der Waals surface area contributed by atoms with Crippen molar-refractivity contribution in [3.05, 3.63) is 78.1 Å². The van der Waals surface area contributed by atoms with Gasteiger partial charge in [0.1, 0.15) is 5.75 Å². The van der Waals surface area contributed by atoms with Crippen molar-refractivity contribution in [1.29, 1.82) is 0 Å². The normalized spacial score (nSPS) is 17.2. The molecule has 0 radical (unpaired) electrons. The van der Waals surface area contributed by atoms with Crippen LogP contribution >= 0.6 is 0 Å². The number of phenolic OH excluding ortho intramolecular Hbond substituents is 1. The number of amides is 1. The smallest absolute Gasteiger partial charge is 0.255 e. The lowest BCUT2D eigenvalue weighted by molar-refractivity contribution is 0.0753. The molecule has 3 heterocycles. The monoisotopic (exact) mass is 444 g/mol. The topological polar surface area (TPSA) is 52.0 Å². The summed E-state index contributed by atoms with van der Waals surface area (Å²) in [5.41, 5.74) is 4.28. The van der Waals surface area contributed by atoms with Crippen molar-refractivity contribution >= 4 is 11.6 Å². The van der Waals surface area contributed by atoms with Crippen molar-refractivity contribution in [2.45, 2.75) is 19.3 Å². The average molecular weight is 445 g/mol. The molecule has 6 nitrogen and oxygen atoms in total. The van der Waals surface area contributed by atoms with Crippen LogP contribution in [0.25, 0.3) is 5.69 Å². The highest BCUT2D eigenvalue weighted by molar-refractivity contribution is 5.96. The molecule has 0 saturated carbocycles. The fourth-order valence-corrected chi connectivity index (χ4v) is 5.05. The fourth-order valence-electron chi connectivity index (χ4n) is 5.05. The summed E-state index contributed by atoms with van der Waals surface area (Å²) in [7, 11) is 0. The van der Waals surface area contributed by atoms with E-state index in [9.17, 15) is 9.90 Å². The summed E-state index contributed by atoms with van der Waals surface area (Å²) in [4.78, 5) is 20.2. The third-order valence-corrected chi connectivity index (χ3v) is 6.88. The highest BCUT2D eigenvalue weighted by Crippen LogP contribution is 2.24. The van der Waals surface area contributed by atoms with Crippen LogP contribution < -0.4 is 4.90 Å². The molecule has 0 spiro atoms. The molecule has 0 unspecified atom stereocenters. The standard InChI is InChI=1S/C27H32N4O2/c32-24-11-9-22(10-12-24)29-20-18-28(19-21-29)14-5-16-30-15-4-8-26-25(27(30)33)13-17-31(26)23-6-2-1-3-7-23/h1-3,6-7,9-13,17,32H,4-5,8,14-16,18-21H2. The second kappa shape index (κ2) is 9.71. The minimum absolute atomic E-state index is 0.175. The quantitative estimate of drug-likeness (QED) is 0.629. The van der Waals surface area contributed by atoms with E-state index in [4.69, 9.17) is 0 Å². The number of hydrogen-bond donors (Lipinski definition) is 1. The highest BCUT2D eigenvalue weighted by Gasteiger charge is 2.25. The number of aromatic hydroxyl groups is 1. The van der Waals surface area contributed by atoms with E-state index in [0.29, 0.717) is 5.75 Å². The Morgan fingerprint density at radius 2 is 1.55 bits per heavy atom. The van der Waals surface area contributed by atoms with E-state index in [1.807, 2.05) is 47.5 Å². The van der Waals surface area contributed by atoms with Gasteiger partial charge in [0.25, 0.3) is 5.91 Å². The number of para-hydroxylation sites is 1. The van der Waals surface area contributed by atoms with E-state index < -0.39 is 0 Å². The van der Waals surface area contributed by atoms with E-state index >= 15 is 0 Å². The Bertz CT molecular complexity index is 1070. The maximum Gasteiger partial charge on any atom is 0.255 e. The Labute approximate surface area is 195 Å². The molecule has 33 heavy (non-hydrogen) atoms. The van der Waals surface area contributed by atoms with E-state index in [-0.39, 0.29) is 5.91 Å². The average Bonchev–Trinajstić information content (AvgIpc) is 3.21. The molecule has 1 saturated heterocycles. The van der Waals surface area contributed by atoms with E-state index in [0.717, 1.165) is 82.0 Å². The molecule has 6 heteroatoms. The minimum Gasteiger partial charge on any atom is -0.508 e. The second-order valence-corrected chi connectivity index (χ2v) is 8.98. The summed E-state index contributed by atoms with van der Waals surface area (Å²) < 4.78 is 2.17. The summed E-state index contributed by atoms with van der Waals surface area (Å²) in [6.07, 6.45) is 4.97. The van der Waals surface area contributed by atoms with Crippen molar-refractivity contribution in [3.63, 3.8) is 0 Å². The maximum absolute atomic E-state index is 13.3. The van der Waals surface area contributed by atoms with Crippen LogP contribution in [0.1, 0.15) is 28.9 Å². The molecule has 3 aromatic rings. The van der Waals surface area contributed by atoms with Crippen LogP contribution in [0.4, 0.5) is 5.69 Å². The predicted octanol–water partition coefficient (Wildman–Crippen LogP) is 3.78. The molecular formula is C27H32N4O2. The predicted molar refractivity (Wildman–Crippen MR) is 131 cm³/mol. The van der Waals surface area contributed by atoms with Crippen LogP contribution in [-0.2, 0) is 6.42 Å². The number of rotatable bonds is 6. The zero-order chi connectivity index (χ0) is 22.6. The Morgan fingerprint density at radius 1 is 0.788 bits per heavy atom. The largest absolute Gasteiger partial charge is 0.508 e. The molecular weight excluding hydrogens is 412 g/mol. The van der Waals surface area contributed by atoms with Crippen LogP contribution in [0, 0.1) is 0 Å². The summed E-state index contributed by atoms with van der Waals surface area (Å²) in [5.74, 6) is 0.485. The zero-order valence-electron chi connectivity index (χ0n) is 19.1. The first-order chi connectivity index (χ1) is 16.2. The van der Waals surface area contributed by atoms with Crippen LogP contribution in [-0.4, -0.2) is 71.2 Å². The SMILES string of the molecule is O=C1c2ccn(-c3ccccc3)c2CCCN1CCCN1CCN(c2ccc(O)cc2)CC1. The number of fused-ring (bicyclic) bond motifs is 1. The Hall–Kier alpha value is -3.25. The molecule has 2 aliphatic rings. The fraction of sp³-hybridized carbons (Fsp3) is 0.370. The Kier molecular flexibility index (Phi) is 6.35.